The number of nitrogens with one attached hydrogen (secondary N) is 2. The molecule has 1 aromatic rings. The van der Waals surface area contributed by atoms with E-state index in [0.717, 1.165) is 17.9 Å². The number of hydrogen-bond acceptors (Lipinski definition) is 2. The van der Waals surface area contributed by atoms with Gasteiger partial charge in [0.15, 0.2) is 0 Å². The fourth-order valence-corrected chi connectivity index (χ4v) is 2.91. The number of rotatable bonds is 0. The highest BCUT2D eigenvalue weighted by Crippen LogP contribution is 2.40. The van der Waals surface area contributed by atoms with Gasteiger partial charge in [-0.2, -0.15) is 0 Å². The summed E-state index contributed by atoms with van der Waals surface area (Å²) in [6, 6.07) is 3.14. The van der Waals surface area contributed by atoms with Crippen molar-refractivity contribution in [2.75, 3.05) is 17.2 Å². The zero-order valence-electron chi connectivity index (χ0n) is 8.95. The van der Waals surface area contributed by atoms with Gasteiger partial charge in [0.25, 0.3) is 0 Å². The molecule has 1 saturated carbocycles. The molecule has 0 atom stereocenters. The Morgan fingerprint density at radius 1 is 1.19 bits per heavy atom. The molecular formula is C12H14ClFN2. The largest absolute Gasteiger partial charge is 0.381 e. The molecule has 1 aliphatic carbocycles. The lowest BCUT2D eigenvalue weighted by Gasteiger charge is -2.37. The number of anilines is 2. The summed E-state index contributed by atoms with van der Waals surface area (Å²) in [5, 5.41) is 7.01. The predicted octanol–water partition coefficient (Wildman–Crippen LogP) is 3.63. The third kappa shape index (κ3) is 1.54. The first-order valence-corrected chi connectivity index (χ1v) is 6.07. The van der Waals surface area contributed by atoms with Crippen LogP contribution in [0.3, 0.4) is 0 Å². The van der Waals surface area contributed by atoms with Crippen LogP contribution in [0, 0.1) is 5.82 Å². The summed E-state index contributed by atoms with van der Waals surface area (Å²) in [5.41, 5.74) is 1.91. The van der Waals surface area contributed by atoms with Crippen molar-refractivity contribution in [1.82, 2.24) is 0 Å². The molecule has 1 fully saturated rings. The zero-order chi connectivity index (χ0) is 11.2. The molecule has 2 nitrogen and oxygen atoms in total. The summed E-state index contributed by atoms with van der Waals surface area (Å²) < 4.78 is 13.3. The highest BCUT2D eigenvalue weighted by Gasteiger charge is 2.36. The topological polar surface area (TPSA) is 24.1 Å². The third-order valence-corrected chi connectivity index (χ3v) is 3.93. The molecule has 0 unspecified atom stereocenters. The van der Waals surface area contributed by atoms with Crippen LogP contribution in [0.2, 0.25) is 5.02 Å². The van der Waals surface area contributed by atoms with E-state index in [0.29, 0.717) is 0 Å². The van der Waals surface area contributed by atoms with E-state index in [-0.39, 0.29) is 16.4 Å². The van der Waals surface area contributed by atoms with Crippen molar-refractivity contribution in [2.24, 2.45) is 0 Å². The van der Waals surface area contributed by atoms with Gasteiger partial charge in [-0.05, 0) is 18.9 Å². The predicted molar refractivity (Wildman–Crippen MR) is 64.7 cm³/mol. The molecule has 0 amide bonds. The smallest absolute Gasteiger partial charge is 0.143 e. The fourth-order valence-electron chi connectivity index (χ4n) is 2.74. The van der Waals surface area contributed by atoms with E-state index in [1.807, 2.05) is 0 Å². The molecule has 1 spiro atoms. The van der Waals surface area contributed by atoms with Gasteiger partial charge < -0.3 is 10.6 Å². The Morgan fingerprint density at radius 2 is 1.94 bits per heavy atom. The minimum Gasteiger partial charge on any atom is -0.381 e. The summed E-state index contributed by atoms with van der Waals surface area (Å²) >= 11 is 5.80. The Balaban J connectivity index is 1.96. The number of benzene rings is 1. The van der Waals surface area contributed by atoms with Gasteiger partial charge in [0, 0.05) is 12.6 Å². The standard InChI is InChI=1S/C12H14ClFN2/c13-8-5-11-10(6-9(8)14)15-7-12(16-11)3-1-2-4-12/h5-6,15-16H,1-4,7H2. The Hall–Kier alpha value is -0.960. The van der Waals surface area contributed by atoms with Crippen molar-refractivity contribution in [3.8, 4) is 0 Å². The maximum Gasteiger partial charge on any atom is 0.143 e. The lowest BCUT2D eigenvalue weighted by Crippen LogP contribution is -2.45. The lowest BCUT2D eigenvalue weighted by molar-refractivity contribution is 0.499. The summed E-state index contributed by atoms with van der Waals surface area (Å²) in [6.07, 6.45) is 4.88. The molecule has 1 aliphatic heterocycles. The zero-order valence-corrected chi connectivity index (χ0v) is 9.70. The van der Waals surface area contributed by atoms with Crippen LogP contribution in [0.15, 0.2) is 12.1 Å². The monoisotopic (exact) mass is 240 g/mol. The van der Waals surface area contributed by atoms with E-state index >= 15 is 0 Å². The fraction of sp³-hybridized carbons (Fsp3) is 0.500. The van der Waals surface area contributed by atoms with Crippen LogP contribution < -0.4 is 10.6 Å². The molecule has 2 N–H and O–H groups in total. The Bertz CT molecular complexity index is 427. The Kier molecular flexibility index (Phi) is 2.25. The van der Waals surface area contributed by atoms with E-state index in [2.05, 4.69) is 10.6 Å². The first-order valence-electron chi connectivity index (χ1n) is 5.70. The van der Waals surface area contributed by atoms with Crippen LogP contribution in [-0.2, 0) is 0 Å². The Morgan fingerprint density at radius 3 is 2.69 bits per heavy atom. The molecule has 16 heavy (non-hydrogen) atoms. The van der Waals surface area contributed by atoms with Gasteiger partial charge in [0.2, 0.25) is 0 Å². The number of hydrogen-bond donors (Lipinski definition) is 2. The first-order chi connectivity index (χ1) is 7.69. The van der Waals surface area contributed by atoms with Gasteiger partial charge in [0.05, 0.1) is 21.9 Å². The second-order valence-corrected chi connectivity index (χ2v) is 5.19. The first kappa shape index (κ1) is 10.2. The van der Waals surface area contributed by atoms with E-state index in [9.17, 15) is 4.39 Å². The molecule has 0 radical (unpaired) electrons. The van der Waals surface area contributed by atoms with Crippen LogP contribution in [0.5, 0.6) is 0 Å². The highest BCUT2D eigenvalue weighted by molar-refractivity contribution is 6.31. The van der Waals surface area contributed by atoms with Gasteiger partial charge in [-0.25, -0.2) is 4.39 Å². The summed E-state index contributed by atoms with van der Waals surface area (Å²) in [4.78, 5) is 0. The molecule has 0 bridgehead atoms. The quantitative estimate of drug-likeness (QED) is 0.724. The summed E-state index contributed by atoms with van der Waals surface area (Å²) in [5.74, 6) is -0.364. The van der Waals surface area contributed by atoms with Crippen molar-refractivity contribution in [3.05, 3.63) is 23.0 Å². The number of halogens is 2. The molecule has 1 aromatic carbocycles. The van der Waals surface area contributed by atoms with Crippen LogP contribution in [0.1, 0.15) is 25.7 Å². The number of fused-ring (bicyclic) bond motifs is 1. The van der Waals surface area contributed by atoms with Crippen molar-refractivity contribution in [3.63, 3.8) is 0 Å². The molecular weight excluding hydrogens is 227 g/mol. The van der Waals surface area contributed by atoms with Crippen molar-refractivity contribution in [2.45, 2.75) is 31.2 Å². The van der Waals surface area contributed by atoms with Crippen molar-refractivity contribution < 1.29 is 4.39 Å². The van der Waals surface area contributed by atoms with Gasteiger partial charge in [-0.1, -0.05) is 24.4 Å². The third-order valence-electron chi connectivity index (χ3n) is 3.64. The SMILES string of the molecule is Fc1cc2c(cc1Cl)NC1(CCCC1)CN2. The van der Waals surface area contributed by atoms with Gasteiger partial charge in [-0.15, -0.1) is 0 Å². The second-order valence-electron chi connectivity index (χ2n) is 4.78. The van der Waals surface area contributed by atoms with Crippen LogP contribution in [0.25, 0.3) is 0 Å². The van der Waals surface area contributed by atoms with E-state index < -0.39 is 0 Å². The molecule has 2 aliphatic rings. The van der Waals surface area contributed by atoms with Gasteiger partial charge in [-0.3, -0.25) is 0 Å². The molecule has 86 valence electrons. The molecule has 3 rings (SSSR count). The Labute approximate surface area is 99.2 Å². The molecule has 0 aromatic heterocycles. The van der Waals surface area contributed by atoms with E-state index in [1.54, 1.807) is 6.07 Å². The van der Waals surface area contributed by atoms with E-state index in [4.69, 9.17) is 11.6 Å². The summed E-state index contributed by atoms with van der Waals surface area (Å²) in [7, 11) is 0. The normalized spacial score (nSPS) is 21.4. The van der Waals surface area contributed by atoms with Crippen LogP contribution in [-0.4, -0.2) is 12.1 Å². The van der Waals surface area contributed by atoms with Crippen LogP contribution >= 0.6 is 11.6 Å². The minimum absolute atomic E-state index is 0.161. The van der Waals surface area contributed by atoms with E-state index in [1.165, 1.54) is 31.7 Å². The van der Waals surface area contributed by atoms with Crippen LogP contribution in [0.4, 0.5) is 15.8 Å². The average Bonchev–Trinajstić information content (AvgIpc) is 2.69. The molecule has 0 saturated heterocycles. The summed E-state index contributed by atoms with van der Waals surface area (Å²) in [6.45, 7) is 0.876. The van der Waals surface area contributed by atoms with Crippen molar-refractivity contribution in [1.29, 1.82) is 0 Å². The minimum atomic E-state index is -0.364. The van der Waals surface area contributed by atoms with Gasteiger partial charge >= 0.3 is 0 Å². The van der Waals surface area contributed by atoms with Crippen molar-refractivity contribution >= 4 is 23.0 Å². The highest BCUT2D eigenvalue weighted by atomic mass is 35.5. The molecule has 4 heteroatoms. The maximum atomic E-state index is 13.3. The van der Waals surface area contributed by atoms with Gasteiger partial charge in [0.1, 0.15) is 5.82 Å². The average molecular weight is 241 g/mol. The lowest BCUT2D eigenvalue weighted by atomic mass is 9.94. The maximum absolute atomic E-state index is 13.3. The second kappa shape index (κ2) is 3.52. The molecule has 1 heterocycles.